The number of aromatic nitrogens is 1. The highest BCUT2D eigenvalue weighted by Gasteiger charge is 2.28. The third kappa shape index (κ3) is 3.59. The van der Waals surface area contributed by atoms with E-state index < -0.39 is 0 Å². The summed E-state index contributed by atoms with van der Waals surface area (Å²) >= 11 is 0. The van der Waals surface area contributed by atoms with E-state index in [2.05, 4.69) is 4.98 Å². The third-order valence-electron chi connectivity index (χ3n) is 4.14. The molecule has 1 saturated heterocycles. The minimum atomic E-state index is 0.0483. The van der Waals surface area contributed by atoms with Gasteiger partial charge in [-0.05, 0) is 54.3 Å². The molecule has 1 aromatic carbocycles. The van der Waals surface area contributed by atoms with E-state index in [1.807, 2.05) is 47.4 Å². The summed E-state index contributed by atoms with van der Waals surface area (Å²) in [6.45, 7) is 0.800. The predicted octanol–water partition coefficient (Wildman–Crippen LogP) is 3.47. The molecule has 23 heavy (non-hydrogen) atoms. The van der Waals surface area contributed by atoms with Crippen molar-refractivity contribution >= 4 is 12.0 Å². The first-order chi connectivity index (χ1) is 11.3. The zero-order valence-electron chi connectivity index (χ0n) is 13.2. The van der Waals surface area contributed by atoms with E-state index in [4.69, 9.17) is 4.74 Å². The average Bonchev–Trinajstić information content (AvgIpc) is 3.10. The molecule has 1 aromatic heterocycles. The topological polar surface area (TPSA) is 42.4 Å². The lowest BCUT2D eigenvalue weighted by atomic mass is 10.1. The Balaban J connectivity index is 1.73. The summed E-state index contributed by atoms with van der Waals surface area (Å²) < 4.78 is 5.20. The number of ether oxygens (including phenoxy) is 1. The maximum atomic E-state index is 12.5. The van der Waals surface area contributed by atoms with E-state index >= 15 is 0 Å². The zero-order chi connectivity index (χ0) is 16.1. The van der Waals surface area contributed by atoms with E-state index in [1.165, 1.54) is 0 Å². The normalized spacial score (nSPS) is 17.6. The molecule has 1 atom stereocenters. The second-order valence-corrected chi connectivity index (χ2v) is 5.58. The Morgan fingerprint density at radius 3 is 2.91 bits per heavy atom. The van der Waals surface area contributed by atoms with Gasteiger partial charge in [-0.3, -0.25) is 9.78 Å². The number of nitrogens with zero attached hydrogens (tertiary/aromatic N) is 2. The fourth-order valence-corrected chi connectivity index (χ4v) is 2.97. The van der Waals surface area contributed by atoms with Gasteiger partial charge in [-0.15, -0.1) is 0 Å². The van der Waals surface area contributed by atoms with Gasteiger partial charge in [-0.25, -0.2) is 0 Å². The van der Waals surface area contributed by atoms with Crippen molar-refractivity contribution in [2.45, 2.75) is 18.9 Å². The van der Waals surface area contributed by atoms with Crippen molar-refractivity contribution in [3.8, 4) is 5.75 Å². The molecule has 0 aliphatic carbocycles. The molecule has 1 aliphatic heterocycles. The number of likely N-dealkylation sites (tertiary alicyclic amines) is 1. The molecule has 0 saturated carbocycles. The van der Waals surface area contributed by atoms with E-state index in [0.717, 1.165) is 36.3 Å². The molecular weight excluding hydrogens is 288 g/mol. The minimum Gasteiger partial charge on any atom is -0.497 e. The minimum absolute atomic E-state index is 0.0483. The maximum absolute atomic E-state index is 12.5. The number of carbonyl (C=O) groups is 1. The van der Waals surface area contributed by atoms with Gasteiger partial charge >= 0.3 is 0 Å². The number of hydrogen-bond donors (Lipinski definition) is 0. The van der Waals surface area contributed by atoms with Gasteiger partial charge in [-0.1, -0.05) is 12.1 Å². The van der Waals surface area contributed by atoms with Crippen molar-refractivity contribution in [3.05, 3.63) is 66.0 Å². The number of benzene rings is 1. The first kappa shape index (κ1) is 15.3. The Bertz CT molecular complexity index is 698. The molecule has 1 unspecified atom stereocenters. The second kappa shape index (κ2) is 7.09. The van der Waals surface area contributed by atoms with Crippen molar-refractivity contribution in [3.63, 3.8) is 0 Å². The monoisotopic (exact) mass is 308 g/mol. The van der Waals surface area contributed by atoms with Crippen LogP contribution >= 0.6 is 0 Å². The Hall–Kier alpha value is -2.62. The molecule has 2 aromatic rings. The van der Waals surface area contributed by atoms with Crippen LogP contribution in [0.1, 0.15) is 30.0 Å². The fraction of sp³-hybridized carbons (Fsp3) is 0.263. The molecule has 0 N–H and O–H groups in total. The van der Waals surface area contributed by atoms with Crippen LogP contribution in [0.4, 0.5) is 0 Å². The van der Waals surface area contributed by atoms with Gasteiger partial charge in [0.2, 0.25) is 5.91 Å². The van der Waals surface area contributed by atoms with Crippen LogP contribution in [0.2, 0.25) is 0 Å². The van der Waals surface area contributed by atoms with Crippen LogP contribution in [0.3, 0.4) is 0 Å². The number of carbonyl (C=O) groups excluding carboxylic acids is 1. The molecule has 2 heterocycles. The molecule has 118 valence electrons. The predicted molar refractivity (Wildman–Crippen MR) is 90.0 cm³/mol. The summed E-state index contributed by atoms with van der Waals surface area (Å²) in [5, 5.41) is 0. The van der Waals surface area contributed by atoms with Gasteiger partial charge in [0, 0.05) is 25.0 Å². The highest BCUT2D eigenvalue weighted by Crippen LogP contribution is 2.31. The standard InChI is InChI=1S/C19H20N2O2/c1-23-17-5-2-4-15(14-17)7-8-19(22)21-13-3-6-18(21)16-9-11-20-12-10-16/h2,4-5,7-12,14,18H,3,6,13H2,1H3/b8-7+. The van der Waals surface area contributed by atoms with Crippen LogP contribution in [0, 0.1) is 0 Å². The van der Waals surface area contributed by atoms with Crippen LogP contribution in [0.25, 0.3) is 6.08 Å². The molecule has 3 rings (SSSR count). The van der Waals surface area contributed by atoms with E-state index in [9.17, 15) is 4.79 Å². The lowest BCUT2D eigenvalue weighted by molar-refractivity contribution is -0.126. The van der Waals surface area contributed by atoms with Gasteiger partial charge < -0.3 is 9.64 Å². The van der Waals surface area contributed by atoms with Crippen molar-refractivity contribution in [2.75, 3.05) is 13.7 Å². The molecular formula is C19H20N2O2. The molecule has 4 heteroatoms. The number of amides is 1. The Morgan fingerprint density at radius 1 is 1.30 bits per heavy atom. The summed E-state index contributed by atoms with van der Waals surface area (Å²) in [7, 11) is 1.64. The molecule has 4 nitrogen and oxygen atoms in total. The van der Waals surface area contributed by atoms with Crippen molar-refractivity contribution < 1.29 is 9.53 Å². The Kier molecular flexibility index (Phi) is 4.71. The molecule has 0 radical (unpaired) electrons. The second-order valence-electron chi connectivity index (χ2n) is 5.58. The molecule has 0 bridgehead atoms. The molecule has 1 amide bonds. The summed E-state index contributed by atoms with van der Waals surface area (Å²) in [5.41, 5.74) is 2.11. The van der Waals surface area contributed by atoms with Gasteiger partial charge in [0.25, 0.3) is 0 Å². The summed E-state index contributed by atoms with van der Waals surface area (Å²) in [6.07, 6.45) is 9.08. The van der Waals surface area contributed by atoms with Crippen molar-refractivity contribution in [1.82, 2.24) is 9.88 Å². The fourth-order valence-electron chi connectivity index (χ4n) is 2.97. The highest BCUT2D eigenvalue weighted by molar-refractivity contribution is 5.92. The number of pyridine rings is 1. The third-order valence-corrected chi connectivity index (χ3v) is 4.14. The van der Waals surface area contributed by atoms with E-state index in [1.54, 1.807) is 25.6 Å². The zero-order valence-corrected chi connectivity index (χ0v) is 13.2. The largest absolute Gasteiger partial charge is 0.497 e. The van der Waals surface area contributed by atoms with Crippen LogP contribution in [-0.2, 0) is 4.79 Å². The smallest absolute Gasteiger partial charge is 0.247 e. The Morgan fingerprint density at radius 2 is 2.13 bits per heavy atom. The maximum Gasteiger partial charge on any atom is 0.247 e. The SMILES string of the molecule is COc1cccc(/C=C/C(=O)N2CCCC2c2ccncc2)c1. The van der Waals surface area contributed by atoms with Gasteiger partial charge in [-0.2, -0.15) is 0 Å². The van der Waals surface area contributed by atoms with Crippen LogP contribution in [0.15, 0.2) is 54.9 Å². The Labute approximate surface area is 136 Å². The lowest BCUT2D eigenvalue weighted by Gasteiger charge is -2.23. The van der Waals surface area contributed by atoms with Gasteiger partial charge in [0.15, 0.2) is 0 Å². The van der Waals surface area contributed by atoms with E-state index in [0.29, 0.717) is 0 Å². The summed E-state index contributed by atoms with van der Waals surface area (Å²) in [4.78, 5) is 18.5. The average molecular weight is 308 g/mol. The van der Waals surface area contributed by atoms with Crippen LogP contribution in [-0.4, -0.2) is 29.4 Å². The quantitative estimate of drug-likeness (QED) is 0.812. The summed E-state index contributed by atoms with van der Waals surface area (Å²) in [5.74, 6) is 0.836. The number of rotatable bonds is 4. The first-order valence-corrected chi connectivity index (χ1v) is 7.80. The van der Waals surface area contributed by atoms with Crippen molar-refractivity contribution in [1.29, 1.82) is 0 Å². The van der Waals surface area contributed by atoms with Crippen molar-refractivity contribution in [2.24, 2.45) is 0 Å². The highest BCUT2D eigenvalue weighted by atomic mass is 16.5. The van der Waals surface area contributed by atoms with Crippen LogP contribution < -0.4 is 4.74 Å². The van der Waals surface area contributed by atoms with Gasteiger partial charge in [0.1, 0.15) is 5.75 Å². The summed E-state index contributed by atoms with van der Waals surface area (Å²) in [6, 6.07) is 11.8. The molecule has 1 aliphatic rings. The number of methoxy groups -OCH3 is 1. The lowest BCUT2D eigenvalue weighted by Crippen LogP contribution is -2.28. The van der Waals surface area contributed by atoms with Gasteiger partial charge in [0.05, 0.1) is 13.2 Å². The first-order valence-electron chi connectivity index (χ1n) is 7.80. The number of hydrogen-bond acceptors (Lipinski definition) is 3. The van der Waals surface area contributed by atoms with Crippen LogP contribution in [0.5, 0.6) is 5.75 Å². The van der Waals surface area contributed by atoms with E-state index in [-0.39, 0.29) is 11.9 Å². The molecule has 1 fully saturated rings. The molecule has 0 spiro atoms.